The highest BCUT2D eigenvalue weighted by Gasteiger charge is 2.27. The molecule has 0 N–H and O–H groups in total. The molecule has 0 amide bonds. The number of fused-ring (bicyclic) bond motifs is 1. The number of ether oxygens (including phenoxy) is 2. The van der Waals surface area contributed by atoms with Gasteiger partial charge in [-0.05, 0) is 25.2 Å². The SMILES string of the molecule is CC(C)CN1CCO[C@@H](COC(=O)c2noc3c2CCCC3)C1. The fraction of sp³-hybridized carbons (Fsp3) is 0.765. The quantitative estimate of drug-likeness (QED) is 0.773. The largest absolute Gasteiger partial charge is 0.458 e. The molecule has 0 spiro atoms. The van der Waals surface area contributed by atoms with E-state index in [1.165, 1.54) is 0 Å². The number of morpholine rings is 1. The second-order valence-corrected chi connectivity index (χ2v) is 6.88. The number of rotatable bonds is 5. The molecule has 6 nitrogen and oxygen atoms in total. The van der Waals surface area contributed by atoms with Crippen LogP contribution in [-0.4, -0.2) is 55.0 Å². The maximum atomic E-state index is 12.3. The van der Waals surface area contributed by atoms with Gasteiger partial charge in [-0.1, -0.05) is 19.0 Å². The summed E-state index contributed by atoms with van der Waals surface area (Å²) in [6, 6.07) is 0. The van der Waals surface area contributed by atoms with E-state index in [1.807, 2.05) is 0 Å². The third-order valence-electron chi connectivity index (χ3n) is 4.39. The van der Waals surface area contributed by atoms with Gasteiger partial charge < -0.3 is 14.0 Å². The molecule has 0 unspecified atom stereocenters. The first-order chi connectivity index (χ1) is 11.1. The van der Waals surface area contributed by atoms with Crippen LogP contribution in [0.4, 0.5) is 0 Å². The monoisotopic (exact) mass is 322 g/mol. The van der Waals surface area contributed by atoms with Gasteiger partial charge in [0.25, 0.3) is 0 Å². The van der Waals surface area contributed by atoms with Crippen LogP contribution in [0, 0.1) is 5.92 Å². The molecule has 1 aromatic rings. The highest BCUT2D eigenvalue weighted by Crippen LogP contribution is 2.24. The van der Waals surface area contributed by atoms with Gasteiger partial charge in [0.1, 0.15) is 18.5 Å². The Morgan fingerprint density at radius 1 is 1.39 bits per heavy atom. The molecule has 128 valence electrons. The van der Waals surface area contributed by atoms with Gasteiger partial charge in [-0.3, -0.25) is 4.90 Å². The molecule has 1 atom stereocenters. The zero-order valence-electron chi connectivity index (χ0n) is 14.0. The van der Waals surface area contributed by atoms with Gasteiger partial charge in [-0.15, -0.1) is 0 Å². The summed E-state index contributed by atoms with van der Waals surface area (Å²) in [5.41, 5.74) is 1.29. The summed E-state index contributed by atoms with van der Waals surface area (Å²) in [4.78, 5) is 14.6. The molecule has 1 aliphatic carbocycles. The van der Waals surface area contributed by atoms with E-state index in [9.17, 15) is 4.79 Å². The maximum Gasteiger partial charge on any atom is 0.360 e. The van der Waals surface area contributed by atoms with Crippen molar-refractivity contribution in [3.8, 4) is 0 Å². The lowest BCUT2D eigenvalue weighted by molar-refractivity contribution is -0.0614. The van der Waals surface area contributed by atoms with Gasteiger partial charge in [0, 0.05) is 31.6 Å². The van der Waals surface area contributed by atoms with Crippen LogP contribution in [0.3, 0.4) is 0 Å². The highest BCUT2D eigenvalue weighted by atomic mass is 16.6. The minimum atomic E-state index is -0.388. The Hall–Kier alpha value is -1.40. The fourth-order valence-corrected chi connectivity index (χ4v) is 3.35. The van der Waals surface area contributed by atoms with Gasteiger partial charge in [-0.2, -0.15) is 0 Å². The molecule has 1 aliphatic heterocycles. The lowest BCUT2D eigenvalue weighted by Crippen LogP contribution is -2.45. The molecule has 3 rings (SSSR count). The third kappa shape index (κ3) is 4.12. The van der Waals surface area contributed by atoms with E-state index in [-0.39, 0.29) is 18.7 Å². The summed E-state index contributed by atoms with van der Waals surface area (Å²) < 4.78 is 16.4. The van der Waals surface area contributed by atoms with Crippen LogP contribution in [-0.2, 0) is 22.3 Å². The molecular formula is C17H26N2O4. The zero-order valence-corrected chi connectivity index (χ0v) is 14.0. The van der Waals surface area contributed by atoms with Crippen molar-refractivity contribution in [3.63, 3.8) is 0 Å². The minimum Gasteiger partial charge on any atom is -0.458 e. The van der Waals surface area contributed by atoms with Crippen LogP contribution in [0.25, 0.3) is 0 Å². The van der Waals surface area contributed by atoms with Crippen LogP contribution in [0.5, 0.6) is 0 Å². The van der Waals surface area contributed by atoms with Crippen molar-refractivity contribution in [2.45, 2.75) is 45.6 Å². The van der Waals surface area contributed by atoms with Gasteiger partial charge in [-0.25, -0.2) is 4.79 Å². The molecule has 1 saturated heterocycles. The van der Waals surface area contributed by atoms with Crippen molar-refractivity contribution in [3.05, 3.63) is 17.0 Å². The maximum absolute atomic E-state index is 12.3. The summed E-state index contributed by atoms with van der Waals surface area (Å²) in [5, 5.41) is 3.92. The summed E-state index contributed by atoms with van der Waals surface area (Å²) in [6.07, 6.45) is 3.83. The van der Waals surface area contributed by atoms with Crippen molar-refractivity contribution in [2.75, 3.05) is 32.8 Å². The van der Waals surface area contributed by atoms with Gasteiger partial charge in [0.05, 0.1) is 6.61 Å². The molecule has 1 aromatic heterocycles. The van der Waals surface area contributed by atoms with Crippen molar-refractivity contribution >= 4 is 5.97 Å². The Morgan fingerprint density at radius 3 is 3.04 bits per heavy atom. The fourth-order valence-electron chi connectivity index (χ4n) is 3.35. The van der Waals surface area contributed by atoms with Crippen LogP contribution < -0.4 is 0 Å². The van der Waals surface area contributed by atoms with E-state index in [1.54, 1.807) is 0 Å². The molecule has 23 heavy (non-hydrogen) atoms. The second kappa shape index (κ2) is 7.45. The second-order valence-electron chi connectivity index (χ2n) is 6.88. The molecule has 2 heterocycles. The average Bonchev–Trinajstić information content (AvgIpc) is 2.96. The van der Waals surface area contributed by atoms with E-state index in [0.717, 1.165) is 56.6 Å². The van der Waals surface area contributed by atoms with Crippen molar-refractivity contribution < 1.29 is 18.8 Å². The number of carbonyl (C=O) groups excluding carboxylic acids is 1. The lowest BCUT2D eigenvalue weighted by Gasteiger charge is -2.33. The first-order valence-electron chi connectivity index (χ1n) is 8.62. The summed E-state index contributed by atoms with van der Waals surface area (Å²) in [5.74, 6) is 1.08. The first-order valence-corrected chi connectivity index (χ1v) is 8.62. The van der Waals surface area contributed by atoms with Crippen LogP contribution in [0.2, 0.25) is 0 Å². The number of nitrogens with zero attached hydrogens (tertiary/aromatic N) is 2. The number of esters is 1. The van der Waals surface area contributed by atoms with Crippen LogP contribution in [0.1, 0.15) is 48.5 Å². The summed E-state index contributed by atoms with van der Waals surface area (Å²) in [7, 11) is 0. The molecule has 0 aromatic carbocycles. The average molecular weight is 322 g/mol. The zero-order chi connectivity index (χ0) is 16.2. The predicted octanol–water partition coefficient (Wildman–Crippen LogP) is 2.07. The smallest absolute Gasteiger partial charge is 0.360 e. The Kier molecular flexibility index (Phi) is 5.33. The molecule has 0 radical (unpaired) electrons. The van der Waals surface area contributed by atoms with E-state index in [2.05, 4.69) is 23.9 Å². The number of hydrogen-bond acceptors (Lipinski definition) is 6. The van der Waals surface area contributed by atoms with E-state index in [0.29, 0.717) is 18.2 Å². The molecule has 0 bridgehead atoms. The normalized spacial score (nSPS) is 22.1. The first kappa shape index (κ1) is 16.5. The highest BCUT2D eigenvalue weighted by molar-refractivity contribution is 5.89. The van der Waals surface area contributed by atoms with E-state index < -0.39 is 0 Å². The Labute approximate surface area is 137 Å². The van der Waals surface area contributed by atoms with Crippen LogP contribution in [0.15, 0.2) is 4.52 Å². The number of aromatic nitrogens is 1. The van der Waals surface area contributed by atoms with Crippen LogP contribution >= 0.6 is 0 Å². The van der Waals surface area contributed by atoms with Gasteiger partial charge in [0.15, 0.2) is 5.69 Å². The Bertz CT molecular complexity index is 541. The predicted molar refractivity (Wildman–Crippen MR) is 84.4 cm³/mol. The topological polar surface area (TPSA) is 64.8 Å². The Balaban J connectivity index is 1.52. The third-order valence-corrected chi connectivity index (χ3v) is 4.39. The summed E-state index contributed by atoms with van der Waals surface area (Å²) in [6.45, 7) is 8.17. The molecule has 6 heteroatoms. The van der Waals surface area contributed by atoms with Crippen molar-refractivity contribution in [2.24, 2.45) is 5.92 Å². The summed E-state index contributed by atoms with van der Waals surface area (Å²) >= 11 is 0. The number of carbonyl (C=O) groups is 1. The lowest BCUT2D eigenvalue weighted by atomic mass is 9.96. The van der Waals surface area contributed by atoms with Crippen molar-refractivity contribution in [1.82, 2.24) is 10.1 Å². The molecular weight excluding hydrogens is 296 g/mol. The van der Waals surface area contributed by atoms with E-state index >= 15 is 0 Å². The van der Waals surface area contributed by atoms with Crippen molar-refractivity contribution in [1.29, 1.82) is 0 Å². The molecule has 1 fully saturated rings. The van der Waals surface area contributed by atoms with Gasteiger partial charge in [0.2, 0.25) is 0 Å². The standard InChI is InChI=1S/C17H26N2O4/c1-12(2)9-19-7-8-21-13(10-19)11-22-17(20)16-14-5-3-4-6-15(14)23-18-16/h12-13H,3-11H2,1-2H3/t13-/m1/s1. The number of hydrogen-bond donors (Lipinski definition) is 0. The minimum absolute atomic E-state index is 0.0609. The molecule has 2 aliphatic rings. The molecule has 0 saturated carbocycles. The number of aryl methyl sites for hydroxylation is 1. The van der Waals surface area contributed by atoms with Gasteiger partial charge >= 0.3 is 5.97 Å². The van der Waals surface area contributed by atoms with E-state index in [4.69, 9.17) is 14.0 Å². The Morgan fingerprint density at radius 2 is 2.22 bits per heavy atom.